The second-order valence-electron chi connectivity index (χ2n) is 4.70. The van der Waals surface area contributed by atoms with Gasteiger partial charge in [-0.3, -0.25) is 4.57 Å². The number of aromatic nitrogens is 2. The first-order valence-corrected chi connectivity index (χ1v) is 4.71. The molecule has 0 radical (unpaired) electrons. The van der Waals surface area contributed by atoms with Crippen LogP contribution < -0.4 is 5.32 Å². The van der Waals surface area contributed by atoms with Crippen LogP contribution in [0.25, 0.3) is 0 Å². The fourth-order valence-electron chi connectivity index (χ4n) is 1.10. The van der Waals surface area contributed by atoms with Crippen LogP contribution in [0.2, 0.25) is 0 Å². The maximum atomic E-state index is 10.6. The number of rotatable bonds is 3. The minimum absolute atomic E-state index is 0.0676. The summed E-state index contributed by atoms with van der Waals surface area (Å²) in [5, 5.41) is 13.7. The predicted molar refractivity (Wildman–Crippen MR) is 57.8 cm³/mol. The molecule has 0 aromatic carbocycles. The molecule has 0 spiro atoms. The highest BCUT2D eigenvalue weighted by Gasteiger charge is 2.21. The van der Waals surface area contributed by atoms with Gasteiger partial charge in [-0.25, -0.2) is 0 Å². The normalized spacial score (nSPS) is 11.5. The van der Waals surface area contributed by atoms with E-state index in [4.69, 9.17) is 0 Å². The SMILES string of the molecule is Cn1cnc([N+](=O)[O-])c1NCC(C)(C)C. The van der Waals surface area contributed by atoms with Gasteiger partial charge in [0.2, 0.25) is 12.1 Å². The maximum Gasteiger partial charge on any atom is 0.406 e. The second kappa shape index (κ2) is 3.88. The summed E-state index contributed by atoms with van der Waals surface area (Å²) in [5.41, 5.74) is 0.0676. The van der Waals surface area contributed by atoms with Crippen LogP contribution in [-0.2, 0) is 7.05 Å². The van der Waals surface area contributed by atoms with E-state index in [0.717, 1.165) is 0 Å². The van der Waals surface area contributed by atoms with E-state index in [2.05, 4.69) is 31.1 Å². The Balaban J connectivity index is 2.84. The van der Waals surface area contributed by atoms with Crippen LogP contribution in [0.5, 0.6) is 0 Å². The third-order valence-electron chi connectivity index (χ3n) is 1.88. The van der Waals surface area contributed by atoms with Crippen molar-refractivity contribution in [3.63, 3.8) is 0 Å². The molecule has 1 N–H and O–H groups in total. The molecule has 6 heteroatoms. The zero-order chi connectivity index (χ0) is 11.6. The van der Waals surface area contributed by atoms with Gasteiger partial charge in [0.05, 0.1) is 0 Å². The summed E-state index contributed by atoms with van der Waals surface area (Å²) in [4.78, 5) is 13.9. The van der Waals surface area contributed by atoms with Crippen LogP contribution in [0, 0.1) is 15.5 Å². The summed E-state index contributed by atoms with van der Waals surface area (Å²) in [6, 6.07) is 0. The smallest absolute Gasteiger partial charge is 0.364 e. The van der Waals surface area contributed by atoms with Crippen LogP contribution in [0.3, 0.4) is 0 Å². The van der Waals surface area contributed by atoms with Gasteiger partial charge in [0.1, 0.15) is 0 Å². The van der Waals surface area contributed by atoms with Crippen molar-refractivity contribution in [3.8, 4) is 0 Å². The third-order valence-corrected chi connectivity index (χ3v) is 1.88. The summed E-state index contributed by atoms with van der Waals surface area (Å²) < 4.78 is 1.61. The van der Waals surface area contributed by atoms with Gasteiger partial charge >= 0.3 is 5.82 Å². The van der Waals surface area contributed by atoms with E-state index in [1.165, 1.54) is 6.33 Å². The standard InChI is InChI=1S/C9H16N4O2/c1-9(2,3)5-10-7-8(13(14)15)11-6-12(7)4/h6,10H,5H2,1-4H3. The van der Waals surface area contributed by atoms with E-state index in [1.54, 1.807) is 11.6 Å². The molecule has 1 rings (SSSR count). The fraction of sp³-hybridized carbons (Fsp3) is 0.667. The lowest BCUT2D eigenvalue weighted by Gasteiger charge is -2.19. The fourth-order valence-corrected chi connectivity index (χ4v) is 1.10. The Hall–Kier alpha value is -1.59. The molecule has 0 unspecified atom stereocenters. The second-order valence-corrected chi connectivity index (χ2v) is 4.70. The number of hydrogen-bond acceptors (Lipinski definition) is 4. The first-order valence-electron chi connectivity index (χ1n) is 4.71. The minimum atomic E-state index is -0.481. The Morgan fingerprint density at radius 3 is 2.67 bits per heavy atom. The monoisotopic (exact) mass is 212 g/mol. The van der Waals surface area contributed by atoms with Crippen molar-refractivity contribution in [1.82, 2.24) is 9.55 Å². The molecule has 1 aromatic rings. The van der Waals surface area contributed by atoms with Crippen LogP contribution >= 0.6 is 0 Å². The number of nitrogens with zero attached hydrogens (tertiary/aromatic N) is 3. The largest absolute Gasteiger partial charge is 0.406 e. The van der Waals surface area contributed by atoms with Crippen molar-refractivity contribution >= 4 is 11.6 Å². The van der Waals surface area contributed by atoms with E-state index in [1.807, 2.05) is 0 Å². The molecule has 0 saturated carbocycles. The number of nitro groups is 1. The molecule has 0 bridgehead atoms. The van der Waals surface area contributed by atoms with Gasteiger partial charge in [0, 0.05) is 13.6 Å². The van der Waals surface area contributed by atoms with Gasteiger partial charge < -0.3 is 15.4 Å². The highest BCUT2D eigenvalue weighted by molar-refractivity contribution is 5.52. The Kier molecular flexibility index (Phi) is 2.97. The van der Waals surface area contributed by atoms with Crippen molar-refractivity contribution in [2.24, 2.45) is 12.5 Å². The lowest BCUT2D eigenvalue weighted by Crippen LogP contribution is -2.20. The van der Waals surface area contributed by atoms with Crippen molar-refractivity contribution in [1.29, 1.82) is 0 Å². The molecule has 15 heavy (non-hydrogen) atoms. The zero-order valence-corrected chi connectivity index (χ0v) is 9.44. The van der Waals surface area contributed by atoms with Gasteiger partial charge in [-0.1, -0.05) is 20.8 Å². The Morgan fingerprint density at radius 1 is 1.60 bits per heavy atom. The van der Waals surface area contributed by atoms with E-state index in [-0.39, 0.29) is 11.2 Å². The molecule has 1 aromatic heterocycles. The minimum Gasteiger partial charge on any atom is -0.364 e. The number of imidazole rings is 1. The van der Waals surface area contributed by atoms with E-state index < -0.39 is 4.92 Å². The van der Waals surface area contributed by atoms with Crippen molar-refractivity contribution < 1.29 is 4.92 Å². The molecule has 84 valence electrons. The summed E-state index contributed by atoms with van der Waals surface area (Å²) in [6.45, 7) is 6.83. The molecule has 6 nitrogen and oxygen atoms in total. The van der Waals surface area contributed by atoms with Crippen LogP contribution in [0.4, 0.5) is 11.6 Å². The van der Waals surface area contributed by atoms with Crippen LogP contribution in [0.1, 0.15) is 20.8 Å². The molecular weight excluding hydrogens is 196 g/mol. The highest BCUT2D eigenvalue weighted by Crippen LogP contribution is 2.23. The summed E-state index contributed by atoms with van der Waals surface area (Å²) >= 11 is 0. The lowest BCUT2D eigenvalue weighted by molar-refractivity contribution is -0.388. The van der Waals surface area contributed by atoms with Crippen LogP contribution in [0.15, 0.2) is 6.33 Å². The molecule has 0 fully saturated rings. The van der Waals surface area contributed by atoms with Crippen molar-refractivity contribution in [2.75, 3.05) is 11.9 Å². The highest BCUT2D eigenvalue weighted by atomic mass is 16.6. The molecule has 0 aliphatic rings. The lowest BCUT2D eigenvalue weighted by atomic mass is 9.97. The topological polar surface area (TPSA) is 73.0 Å². The first-order chi connectivity index (χ1) is 6.81. The molecule has 0 aliphatic carbocycles. The molecule has 0 saturated heterocycles. The third kappa shape index (κ3) is 2.93. The van der Waals surface area contributed by atoms with Crippen molar-refractivity contribution in [2.45, 2.75) is 20.8 Å². The number of aryl methyl sites for hydroxylation is 1. The Morgan fingerprint density at radius 2 is 2.20 bits per heavy atom. The summed E-state index contributed by atoms with van der Waals surface area (Å²) in [6.07, 6.45) is 1.43. The van der Waals surface area contributed by atoms with Gasteiger partial charge in [-0.05, 0) is 15.3 Å². The van der Waals surface area contributed by atoms with Crippen LogP contribution in [-0.4, -0.2) is 21.0 Å². The molecule has 0 aliphatic heterocycles. The number of anilines is 1. The maximum absolute atomic E-state index is 10.6. The average Bonchev–Trinajstić information content (AvgIpc) is 2.42. The molecule has 1 heterocycles. The Bertz CT molecular complexity index is 365. The quantitative estimate of drug-likeness (QED) is 0.612. The molecule has 0 amide bonds. The van der Waals surface area contributed by atoms with Gasteiger partial charge in [-0.15, -0.1) is 0 Å². The van der Waals surface area contributed by atoms with Crippen molar-refractivity contribution in [3.05, 3.63) is 16.4 Å². The molecular formula is C9H16N4O2. The molecule has 0 atom stereocenters. The zero-order valence-electron chi connectivity index (χ0n) is 9.44. The number of hydrogen-bond donors (Lipinski definition) is 1. The number of nitrogens with one attached hydrogen (secondary N) is 1. The summed E-state index contributed by atoms with van der Waals surface area (Å²) in [5.74, 6) is 0.330. The van der Waals surface area contributed by atoms with E-state index in [9.17, 15) is 10.1 Å². The van der Waals surface area contributed by atoms with Gasteiger partial charge in [0.25, 0.3) is 0 Å². The average molecular weight is 212 g/mol. The Labute approximate surface area is 88.5 Å². The summed E-state index contributed by atoms with van der Waals surface area (Å²) in [7, 11) is 1.73. The van der Waals surface area contributed by atoms with E-state index >= 15 is 0 Å². The van der Waals surface area contributed by atoms with Gasteiger partial charge in [-0.2, -0.15) is 0 Å². The van der Waals surface area contributed by atoms with Gasteiger partial charge in [0.15, 0.2) is 0 Å². The predicted octanol–water partition coefficient (Wildman–Crippen LogP) is 1.79. The van der Waals surface area contributed by atoms with E-state index in [0.29, 0.717) is 12.4 Å². The first kappa shape index (κ1) is 11.5.